The Balaban J connectivity index is 1.72. The Labute approximate surface area is 155 Å². The molecule has 132 valence electrons. The Morgan fingerprint density at radius 3 is 2.69 bits per heavy atom. The molecule has 0 aliphatic carbocycles. The first-order valence-electron chi connectivity index (χ1n) is 8.50. The zero-order chi connectivity index (χ0) is 18.1. The lowest BCUT2D eigenvalue weighted by Gasteiger charge is -2.35. The van der Waals surface area contributed by atoms with E-state index in [0.29, 0.717) is 30.2 Å². The van der Waals surface area contributed by atoms with Crippen molar-refractivity contribution in [3.8, 4) is 0 Å². The normalized spacial score (nSPS) is 18.0. The van der Waals surface area contributed by atoms with E-state index < -0.39 is 6.04 Å². The van der Waals surface area contributed by atoms with E-state index in [-0.39, 0.29) is 11.5 Å². The van der Waals surface area contributed by atoms with Crippen molar-refractivity contribution in [1.29, 1.82) is 0 Å². The fraction of sp³-hybridized carbons (Fsp3) is 0.200. The second-order valence-electron chi connectivity index (χ2n) is 6.40. The average Bonchev–Trinajstić information content (AvgIpc) is 2.63. The van der Waals surface area contributed by atoms with Crippen LogP contribution >= 0.6 is 11.6 Å². The Hall–Kier alpha value is -2.63. The van der Waals surface area contributed by atoms with Crippen LogP contribution in [0.5, 0.6) is 0 Å². The molecule has 2 heterocycles. The summed E-state index contributed by atoms with van der Waals surface area (Å²) in [5, 5.41) is 4.41. The number of H-pyrrole nitrogens is 1. The molecule has 1 aliphatic heterocycles. The van der Waals surface area contributed by atoms with E-state index in [4.69, 9.17) is 11.6 Å². The van der Waals surface area contributed by atoms with Gasteiger partial charge < -0.3 is 10.3 Å². The van der Waals surface area contributed by atoms with Crippen LogP contribution in [0.1, 0.15) is 17.2 Å². The summed E-state index contributed by atoms with van der Waals surface area (Å²) in [6.07, 6.45) is 0. The largest absolute Gasteiger partial charge is 0.353 e. The molecule has 26 heavy (non-hydrogen) atoms. The number of aromatic nitrogens is 1. The summed E-state index contributed by atoms with van der Waals surface area (Å²) in [7, 11) is 0. The van der Waals surface area contributed by atoms with Gasteiger partial charge in [0.15, 0.2) is 0 Å². The number of carbonyl (C=O) groups excluding carboxylic acids is 1. The second kappa shape index (κ2) is 6.94. The fourth-order valence-electron chi connectivity index (χ4n) is 3.45. The molecule has 0 bridgehead atoms. The molecule has 3 aromatic rings. The van der Waals surface area contributed by atoms with Gasteiger partial charge in [0.2, 0.25) is 5.91 Å². The lowest BCUT2D eigenvalue weighted by molar-refractivity contribution is -0.129. The molecule has 0 saturated carbocycles. The molecular formula is C20H18ClN3O2. The molecule has 1 saturated heterocycles. The molecule has 0 spiro atoms. The number of halogens is 1. The number of nitrogens with zero attached hydrogens (tertiary/aromatic N) is 1. The highest BCUT2D eigenvalue weighted by Crippen LogP contribution is 2.30. The Bertz CT molecular complexity index is 1030. The minimum Gasteiger partial charge on any atom is -0.353 e. The van der Waals surface area contributed by atoms with Crippen molar-refractivity contribution < 1.29 is 4.79 Å². The number of rotatable bonds is 3. The number of aromatic amines is 1. The van der Waals surface area contributed by atoms with Gasteiger partial charge in [-0.3, -0.25) is 14.5 Å². The molecule has 1 atom stereocenters. The minimum absolute atomic E-state index is 0.0958. The zero-order valence-electron chi connectivity index (χ0n) is 14.0. The summed E-state index contributed by atoms with van der Waals surface area (Å²) in [5.41, 5.74) is 2.06. The van der Waals surface area contributed by atoms with Gasteiger partial charge in [0.05, 0.1) is 0 Å². The smallest absolute Gasteiger partial charge is 0.252 e. The number of carbonyl (C=O) groups is 1. The van der Waals surface area contributed by atoms with Gasteiger partial charge in [0.1, 0.15) is 6.04 Å². The van der Waals surface area contributed by atoms with Gasteiger partial charge in [-0.2, -0.15) is 0 Å². The van der Waals surface area contributed by atoms with Crippen LogP contribution in [0.25, 0.3) is 10.9 Å². The Morgan fingerprint density at radius 2 is 1.85 bits per heavy atom. The predicted molar refractivity (Wildman–Crippen MR) is 102 cm³/mol. The number of benzene rings is 2. The number of hydrogen-bond acceptors (Lipinski definition) is 3. The molecule has 6 heteroatoms. The highest BCUT2D eigenvalue weighted by molar-refractivity contribution is 6.31. The molecule has 0 radical (unpaired) electrons. The van der Waals surface area contributed by atoms with Crippen LogP contribution < -0.4 is 10.9 Å². The molecule has 1 aromatic heterocycles. The lowest BCUT2D eigenvalue weighted by atomic mass is 10.0. The van der Waals surface area contributed by atoms with E-state index in [0.717, 1.165) is 16.5 Å². The number of nitrogens with one attached hydrogen (secondary N) is 2. The van der Waals surface area contributed by atoms with E-state index in [2.05, 4.69) is 10.3 Å². The van der Waals surface area contributed by atoms with Crippen LogP contribution in [-0.2, 0) is 11.3 Å². The first-order chi connectivity index (χ1) is 12.6. The topological polar surface area (TPSA) is 65.2 Å². The number of pyridine rings is 1. The number of hydrogen-bond donors (Lipinski definition) is 2. The van der Waals surface area contributed by atoms with Crippen LogP contribution in [0, 0.1) is 0 Å². The third kappa shape index (κ3) is 3.11. The number of amides is 1. The zero-order valence-corrected chi connectivity index (χ0v) is 14.8. The van der Waals surface area contributed by atoms with Gasteiger partial charge in [-0.05, 0) is 29.1 Å². The summed E-state index contributed by atoms with van der Waals surface area (Å²) >= 11 is 6.33. The van der Waals surface area contributed by atoms with E-state index in [1.807, 2.05) is 53.4 Å². The van der Waals surface area contributed by atoms with Gasteiger partial charge in [-0.15, -0.1) is 0 Å². The molecule has 1 unspecified atom stereocenters. The third-order valence-electron chi connectivity index (χ3n) is 4.72. The predicted octanol–water partition coefficient (Wildman–Crippen LogP) is 2.85. The van der Waals surface area contributed by atoms with Crippen molar-refractivity contribution in [2.75, 3.05) is 13.1 Å². The number of para-hydroxylation sites is 1. The van der Waals surface area contributed by atoms with Crippen LogP contribution in [0.2, 0.25) is 5.02 Å². The fourth-order valence-corrected chi connectivity index (χ4v) is 3.69. The van der Waals surface area contributed by atoms with Crippen LogP contribution in [0.3, 0.4) is 0 Å². The first-order valence-corrected chi connectivity index (χ1v) is 8.88. The van der Waals surface area contributed by atoms with Crippen LogP contribution in [0.15, 0.2) is 59.4 Å². The van der Waals surface area contributed by atoms with Crippen molar-refractivity contribution in [3.63, 3.8) is 0 Å². The summed E-state index contributed by atoms with van der Waals surface area (Å²) < 4.78 is 0. The third-order valence-corrected chi connectivity index (χ3v) is 5.06. The van der Waals surface area contributed by atoms with Gasteiger partial charge in [0, 0.05) is 35.7 Å². The maximum absolute atomic E-state index is 12.5. The van der Waals surface area contributed by atoms with E-state index in [9.17, 15) is 9.59 Å². The maximum Gasteiger partial charge on any atom is 0.252 e. The van der Waals surface area contributed by atoms with Gasteiger partial charge >= 0.3 is 0 Å². The highest BCUT2D eigenvalue weighted by Gasteiger charge is 2.32. The van der Waals surface area contributed by atoms with Gasteiger partial charge in [-0.25, -0.2) is 0 Å². The van der Waals surface area contributed by atoms with Crippen molar-refractivity contribution in [2.45, 2.75) is 12.6 Å². The number of piperazine rings is 1. The molecule has 1 aliphatic rings. The molecular weight excluding hydrogens is 350 g/mol. The maximum atomic E-state index is 12.5. The first kappa shape index (κ1) is 16.8. The lowest BCUT2D eigenvalue weighted by Crippen LogP contribution is -2.50. The van der Waals surface area contributed by atoms with Gasteiger partial charge in [0.25, 0.3) is 5.56 Å². The summed E-state index contributed by atoms with van der Waals surface area (Å²) in [6, 6.07) is 16.4. The second-order valence-corrected chi connectivity index (χ2v) is 6.80. The standard InChI is InChI=1S/C20H18ClN3O2/c21-16-7-3-2-6-15(16)18-20(26)22-9-10-24(18)12-14-11-13-5-1-4-8-17(13)23-19(14)25/h1-8,11,18H,9-10,12H2,(H,22,26)(H,23,25). The van der Waals surface area contributed by atoms with E-state index >= 15 is 0 Å². The molecule has 1 fully saturated rings. The number of fused-ring (bicyclic) bond motifs is 1. The van der Waals surface area contributed by atoms with Crippen molar-refractivity contribution >= 4 is 28.4 Å². The highest BCUT2D eigenvalue weighted by atomic mass is 35.5. The van der Waals surface area contributed by atoms with Crippen LogP contribution in [-0.4, -0.2) is 28.9 Å². The van der Waals surface area contributed by atoms with Crippen molar-refractivity contribution in [3.05, 3.63) is 81.1 Å². The monoisotopic (exact) mass is 367 g/mol. The Kier molecular flexibility index (Phi) is 4.49. The average molecular weight is 368 g/mol. The SMILES string of the molecule is O=C1NCCN(Cc2cc3ccccc3[nH]c2=O)C1c1ccccc1Cl. The van der Waals surface area contributed by atoms with Crippen LogP contribution in [0.4, 0.5) is 0 Å². The molecule has 5 nitrogen and oxygen atoms in total. The quantitative estimate of drug-likeness (QED) is 0.748. The molecule has 1 amide bonds. The molecule has 2 aromatic carbocycles. The van der Waals surface area contributed by atoms with Crippen molar-refractivity contribution in [2.24, 2.45) is 0 Å². The summed E-state index contributed by atoms with van der Waals surface area (Å²) in [5.74, 6) is -0.0958. The molecule has 4 rings (SSSR count). The minimum atomic E-state index is -0.511. The Morgan fingerprint density at radius 1 is 1.08 bits per heavy atom. The molecule has 2 N–H and O–H groups in total. The summed E-state index contributed by atoms with van der Waals surface area (Å²) in [4.78, 5) is 30.0. The summed E-state index contributed by atoms with van der Waals surface area (Å²) in [6.45, 7) is 1.57. The van der Waals surface area contributed by atoms with Crippen molar-refractivity contribution in [1.82, 2.24) is 15.2 Å². The van der Waals surface area contributed by atoms with E-state index in [1.54, 1.807) is 6.07 Å². The van der Waals surface area contributed by atoms with E-state index in [1.165, 1.54) is 0 Å². The van der Waals surface area contributed by atoms with Gasteiger partial charge in [-0.1, -0.05) is 48.0 Å².